The van der Waals surface area contributed by atoms with Gasteiger partial charge in [0.2, 0.25) is 0 Å². The summed E-state index contributed by atoms with van der Waals surface area (Å²) >= 11 is 0. The average Bonchev–Trinajstić information content (AvgIpc) is 3.70. The molecule has 0 aliphatic carbocycles. The standard InChI is InChI=1S/2C14H12N4.2NO3.Zn/c2*1-10-5-7-11(8-6-10)13-16-14(18-17-13)12-4-2-3-9-15-12;2*2-1(3)4;/h2*2-9H,1H3,(H,16,17,18);;;/q;;2*-1;+2. The van der Waals surface area contributed by atoms with Gasteiger partial charge in [0.15, 0.2) is 23.3 Å². The zero-order valence-corrected chi connectivity index (χ0v) is 26.9. The summed E-state index contributed by atoms with van der Waals surface area (Å²) in [5, 5.41) is 43.8. The molecular formula is C28H24N10O6Zn. The molecule has 17 heteroatoms. The van der Waals surface area contributed by atoms with Gasteiger partial charge in [-0.05, 0) is 38.1 Å². The van der Waals surface area contributed by atoms with Crippen molar-refractivity contribution < 1.29 is 29.7 Å². The van der Waals surface area contributed by atoms with Crippen LogP contribution in [0.15, 0.2) is 97.3 Å². The SMILES string of the molecule is Cc1ccc(-c2nc(-c3ccccn3)n[nH]2)cc1.Cc1ccc(-c2nc(-c3ccccn3)n[nH]2)cc1.O=[N+]([O-])[O-].O=[N+]([O-])[O-].[Zn+2]. The van der Waals surface area contributed by atoms with E-state index in [0.717, 1.165) is 34.2 Å². The van der Waals surface area contributed by atoms with Gasteiger partial charge in [-0.2, -0.15) is 10.2 Å². The number of nitrogens with zero attached hydrogens (tertiary/aromatic N) is 8. The molecule has 0 bridgehead atoms. The predicted molar refractivity (Wildman–Crippen MR) is 160 cm³/mol. The Labute approximate surface area is 268 Å². The molecule has 0 aliphatic rings. The normalized spacial score (nSPS) is 9.47. The van der Waals surface area contributed by atoms with E-state index in [9.17, 15) is 0 Å². The van der Waals surface area contributed by atoms with Crippen LogP contribution in [0.25, 0.3) is 45.8 Å². The van der Waals surface area contributed by atoms with Crippen molar-refractivity contribution in [1.82, 2.24) is 40.3 Å². The van der Waals surface area contributed by atoms with E-state index < -0.39 is 10.2 Å². The Balaban J connectivity index is 0.000000250. The number of aromatic amines is 2. The largest absolute Gasteiger partial charge is 2.00 e. The van der Waals surface area contributed by atoms with Gasteiger partial charge < -0.3 is 30.6 Å². The van der Waals surface area contributed by atoms with Crippen LogP contribution in [-0.4, -0.2) is 50.5 Å². The van der Waals surface area contributed by atoms with E-state index in [-0.39, 0.29) is 19.5 Å². The second-order valence-corrected chi connectivity index (χ2v) is 8.62. The molecule has 0 atom stereocenters. The van der Waals surface area contributed by atoms with Crippen LogP contribution in [0, 0.1) is 44.5 Å². The predicted octanol–water partition coefficient (Wildman–Crippen LogP) is 5.20. The molecule has 0 unspecified atom stereocenters. The van der Waals surface area contributed by atoms with Crippen molar-refractivity contribution in [1.29, 1.82) is 0 Å². The smallest absolute Gasteiger partial charge is 0.356 e. The third kappa shape index (κ3) is 12.0. The fraction of sp³-hybridized carbons (Fsp3) is 0.0714. The third-order valence-electron chi connectivity index (χ3n) is 5.41. The van der Waals surface area contributed by atoms with Crippen LogP contribution < -0.4 is 0 Å². The quantitative estimate of drug-likeness (QED) is 0.141. The summed E-state index contributed by atoms with van der Waals surface area (Å²) in [6.07, 6.45) is 3.47. The van der Waals surface area contributed by atoms with Crippen LogP contribution in [0.3, 0.4) is 0 Å². The van der Waals surface area contributed by atoms with Crippen LogP contribution in [0.5, 0.6) is 0 Å². The number of rotatable bonds is 4. The molecule has 16 nitrogen and oxygen atoms in total. The minimum atomic E-state index is -1.75. The van der Waals surface area contributed by atoms with Gasteiger partial charge in [0.05, 0.1) is 10.2 Å². The number of aryl methyl sites for hydroxylation is 2. The number of nitrogens with one attached hydrogen (secondary N) is 2. The van der Waals surface area contributed by atoms with E-state index in [1.165, 1.54) is 11.1 Å². The summed E-state index contributed by atoms with van der Waals surface area (Å²) in [5.74, 6) is 2.75. The Morgan fingerprint density at radius 2 is 0.889 bits per heavy atom. The van der Waals surface area contributed by atoms with Crippen molar-refractivity contribution in [3.8, 4) is 45.8 Å². The molecule has 2 aromatic carbocycles. The summed E-state index contributed by atoms with van der Waals surface area (Å²) in [6, 6.07) is 27.7. The van der Waals surface area contributed by atoms with Crippen LogP contribution in [0.1, 0.15) is 11.1 Å². The van der Waals surface area contributed by atoms with Crippen molar-refractivity contribution >= 4 is 0 Å². The Morgan fingerprint density at radius 3 is 1.18 bits per heavy atom. The topological polar surface area (TPSA) is 241 Å². The number of benzene rings is 2. The first-order valence-corrected chi connectivity index (χ1v) is 12.6. The molecule has 0 fully saturated rings. The minimum absolute atomic E-state index is 0. The molecular weight excluding hydrogens is 638 g/mol. The fourth-order valence-electron chi connectivity index (χ4n) is 3.42. The van der Waals surface area contributed by atoms with Gasteiger partial charge in [-0.1, -0.05) is 71.8 Å². The molecule has 2 N–H and O–H groups in total. The van der Waals surface area contributed by atoms with Gasteiger partial charge in [0.1, 0.15) is 11.4 Å². The van der Waals surface area contributed by atoms with Gasteiger partial charge in [0, 0.05) is 23.5 Å². The Bertz CT molecular complexity index is 1610. The van der Waals surface area contributed by atoms with Crippen LogP contribution in [0.4, 0.5) is 0 Å². The molecule has 4 heterocycles. The summed E-state index contributed by atoms with van der Waals surface area (Å²) < 4.78 is 0. The Morgan fingerprint density at radius 1 is 0.556 bits per heavy atom. The van der Waals surface area contributed by atoms with Crippen LogP contribution in [0.2, 0.25) is 0 Å². The molecule has 45 heavy (non-hydrogen) atoms. The van der Waals surface area contributed by atoms with Gasteiger partial charge >= 0.3 is 19.5 Å². The first kappa shape index (κ1) is 35.2. The Kier molecular flexibility index (Phi) is 14.0. The summed E-state index contributed by atoms with van der Waals surface area (Å²) in [4.78, 5) is 33.9. The molecule has 224 valence electrons. The van der Waals surface area contributed by atoms with E-state index >= 15 is 0 Å². The number of aromatic nitrogens is 8. The molecule has 0 spiro atoms. The number of hydrogen-bond donors (Lipinski definition) is 2. The first-order chi connectivity index (χ1) is 21.1. The van der Waals surface area contributed by atoms with Gasteiger partial charge in [-0.3, -0.25) is 20.2 Å². The van der Waals surface area contributed by atoms with E-state index in [1.807, 2.05) is 60.7 Å². The number of H-pyrrole nitrogens is 2. The Hall–Kier alpha value is -5.96. The van der Waals surface area contributed by atoms with Crippen molar-refractivity contribution in [3.63, 3.8) is 0 Å². The third-order valence-corrected chi connectivity index (χ3v) is 5.41. The maximum atomic E-state index is 8.25. The monoisotopic (exact) mass is 660 g/mol. The maximum Gasteiger partial charge on any atom is 2.00 e. The van der Waals surface area contributed by atoms with Crippen LogP contribution in [-0.2, 0) is 19.5 Å². The number of pyridine rings is 2. The van der Waals surface area contributed by atoms with Gasteiger partial charge in [0.25, 0.3) is 0 Å². The summed E-state index contributed by atoms with van der Waals surface area (Å²) in [5.41, 5.74) is 6.04. The minimum Gasteiger partial charge on any atom is -0.356 e. The second kappa shape index (κ2) is 17.9. The van der Waals surface area contributed by atoms with E-state index in [0.29, 0.717) is 11.6 Å². The van der Waals surface area contributed by atoms with Crippen LogP contribution >= 0.6 is 0 Å². The summed E-state index contributed by atoms with van der Waals surface area (Å²) in [7, 11) is 0. The zero-order chi connectivity index (χ0) is 31.9. The number of hydrogen-bond acceptors (Lipinski definition) is 12. The average molecular weight is 662 g/mol. The van der Waals surface area contributed by atoms with Gasteiger partial charge in [-0.15, -0.1) is 0 Å². The van der Waals surface area contributed by atoms with E-state index in [1.54, 1.807) is 12.4 Å². The van der Waals surface area contributed by atoms with Crippen molar-refractivity contribution in [2.24, 2.45) is 0 Å². The van der Waals surface area contributed by atoms with E-state index in [2.05, 4.69) is 78.4 Å². The molecule has 0 amide bonds. The second-order valence-electron chi connectivity index (χ2n) is 8.62. The molecule has 0 aliphatic heterocycles. The fourth-order valence-corrected chi connectivity index (χ4v) is 3.42. The first-order valence-electron chi connectivity index (χ1n) is 12.6. The molecule has 0 saturated carbocycles. The zero-order valence-electron chi connectivity index (χ0n) is 24.0. The molecule has 0 saturated heterocycles. The summed E-state index contributed by atoms with van der Waals surface area (Å²) in [6.45, 7) is 4.12. The van der Waals surface area contributed by atoms with Gasteiger partial charge in [-0.25, -0.2) is 9.97 Å². The van der Waals surface area contributed by atoms with Crippen molar-refractivity contribution in [3.05, 3.63) is 139 Å². The maximum absolute atomic E-state index is 8.25. The van der Waals surface area contributed by atoms with Crippen molar-refractivity contribution in [2.45, 2.75) is 13.8 Å². The molecule has 0 radical (unpaired) electrons. The van der Waals surface area contributed by atoms with E-state index in [4.69, 9.17) is 30.6 Å². The molecule has 6 aromatic rings. The van der Waals surface area contributed by atoms with Crippen molar-refractivity contribution in [2.75, 3.05) is 0 Å². The molecule has 6 rings (SSSR count). The molecule has 4 aromatic heterocycles.